The van der Waals surface area contributed by atoms with Crippen LogP contribution in [0.25, 0.3) is 0 Å². The monoisotopic (exact) mass is 206 g/mol. The summed E-state index contributed by atoms with van der Waals surface area (Å²) in [4.78, 5) is 11.2. The molecule has 0 heterocycles. The normalized spacial score (nSPS) is 19.5. The fourth-order valence-corrected chi connectivity index (χ4v) is 1.68. The van der Waals surface area contributed by atoms with Gasteiger partial charge in [0, 0.05) is 6.04 Å². The van der Waals surface area contributed by atoms with E-state index >= 15 is 0 Å². The molecule has 0 saturated heterocycles. The van der Waals surface area contributed by atoms with Crippen LogP contribution >= 0.6 is 0 Å². The highest BCUT2D eigenvalue weighted by Gasteiger charge is 2.26. The lowest BCUT2D eigenvalue weighted by Crippen LogP contribution is -2.45. The second-order valence-electron chi connectivity index (χ2n) is 3.39. The van der Waals surface area contributed by atoms with Gasteiger partial charge in [0.15, 0.2) is 0 Å². The Morgan fingerprint density at radius 1 is 1.46 bits per heavy atom. The molecule has 2 N–H and O–H groups in total. The number of nitrogens with one attached hydrogen (secondary N) is 2. The van der Waals surface area contributed by atoms with Gasteiger partial charge in [-0.3, -0.25) is 4.79 Å². The van der Waals surface area contributed by atoms with E-state index in [9.17, 15) is 13.2 Å². The van der Waals surface area contributed by atoms with Gasteiger partial charge in [0.05, 0.1) is 12.3 Å². The summed E-state index contributed by atoms with van der Waals surface area (Å²) >= 11 is 0. The summed E-state index contributed by atoms with van der Waals surface area (Å²) in [6, 6.07) is -0.424. The molecule has 1 amide bonds. The van der Waals surface area contributed by atoms with E-state index in [4.69, 9.17) is 0 Å². The fourth-order valence-electron chi connectivity index (χ4n) is 0.928. The Kier molecular flexibility index (Phi) is 2.92. The molecule has 1 fully saturated rings. The zero-order valence-corrected chi connectivity index (χ0v) is 8.52. The Bertz CT molecular complexity index is 295. The lowest BCUT2D eigenvalue weighted by atomic mass is 10.3. The van der Waals surface area contributed by atoms with Crippen LogP contribution in [-0.2, 0) is 14.8 Å². The first kappa shape index (κ1) is 10.5. The van der Waals surface area contributed by atoms with Gasteiger partial charge in [-0.2, -0.15) is 0 Å². The molecule has 0 aromatic heterocycles. The van der Waals surface area contributed by atoms with Crippen molar-refractivity contribution in [2.45, 2.75) is 31.8 Å². The Morgan fingerprint density at radius 3 is 2.38 bits per heavy atom. The average molecular weight is 206 g/mol. The molecule has 76 valence electrons. The van der Waals surface area contributed by atoms with Crippen molar-refractivity contribution in [3.63, 3.8) is 0 Å². The van der Waals surface area contributed by atoms with Crippen LogP contribution in [0.5, 0.6) is 0 Å². The maximum atomic E-state index is 11.2. The second-order valence-corrected chi connectivity index (χ2v) is 5.17. The molecule has 1 saturated carbocycles. The largest absolute Gasteiger partial charge is 0.352 e. The summed E-state index contributed by atoms with van der Waals surface area (Å²) in [5.74, 6) is -0.257. The first-order valence-corrected chi connectivity index (χ1v) is 6.05. The van der Waals surface area contributed by atoms with E-state index in [1.54, 1.807) is 0 Å². The number of amides is 1. The predicted octanol–water partition coefficient (Wildman–Crippen LogP) is -0.797. The molecule has 0 radical (unpaired) electrons. The number of hydrogen-bond acceptors (Lipinski definition) is 3. The highest BCUT2D eigenvalue weighted by Crippen LogP contribution is 2.18. The molecule has 0 bridgehead atoms. The average Bonchev–Trinajstić information content (AvgIpc) is 2.67. The minimum absolute atomic E-state index is 0.257. The maximum Gasteiger partial charge on any atom is 0.238 e. The highest BCUT2D eigenvalue weighted by atomic mass is 32.2. The molecule has 13 heavy (non-hydrogen) atoms. The van der Waals surface area contributed by atoms with Gasteiger partial charge in [-0.1, -0.05) is 0 Å². The van der Waals surface area contributed by atoms with E-state index in [1.807, 2.05) is 0 Å². The van der Waals surface area contributed by atoms with Crippen LogP contribution in [0.4, 0.5) is 0 Å². The summed E-state index contributed by atoms with van der Waals surface area (Å²) in [6.45, 7) is 1.53. The van der Waals surface area contributed by atoms with E-state index in [2.05, 4.69) is 10.0 Å². The SMILES string of the molecule is CC(NS(C)(=O)=O)C(=O)NC1CC1. The molecule has 6 heteroatoms. The minimum Gasteiger partial charge on any atom is -0.352 e. The van der Waals surface area contributed by atoms with Crippen molar-refractivity contribution in [1.82, 2.24) is 10.0 Å². The minimum atomic E-state index is -3.29. The van der Waals surface area contributed by atoms with Crippen molar-refractivity contribution in [3.05, 3.63) is 0 Å². The fraction of sp³-hybridized carbons (Fsp3) is 0.857. The Labute approximate surface area is 77.9 Å². The van der Waals surface area contributed by atoms with Gasteiger partial charge in [0.2, 0.25) is 15.9 Å². The molecule has 0 aromatic carbocycles. The van der Waals surface area contributed by atoms with Crippen molar-refractivity contribution in [2.24, 2.45) is 0 Å². The van der Waals surface area contributed by atoms with Crippen LogP contribution in [0.2, 0.25) is 0 Å². The lowest BCUT2D eigenvalue weighted by Gasteiger charge is -2.11. The smallest absolute Gasteiger partial charge is 0.238 e. The van der Waals surface area contributed by atoms with E-state index in [-0.39, 0.29) is 11.9 Å². The van der Waals surface area contributed by atoms with Crippen LogP contribution in [-0.4, -0.2) is 32.7 Å². The summed E-state index contributed by atoms with van der Waals surface area (Å²) in [5.41, 5.74) is 0. The van der Waals surface area contributed by atoms with Gasteiger partial charge in [0.1, 0.15) is 0 Å². The number of carbonyl (C=O) groups is 1. The number of rotatable bonds is 4. The van der Waals surface area contributed by atoms with Gasteiger partial charge >= 0.3 is 0 Å². The lowest BCUT2D eigenvalue weighted by molar-refractivity contribution is -0.122. The molecule has 1 atom stereocenters. The molecule has 1 aliphatic rings. The maximum absolute atomic E-state index is 11.2. The summed E-state index contributed by atoms with van der Waals surface area (Å²) < 4.78 is 23.7. The summed E-state index contributed by atoms with van der Waals surface area (Å²) in [5, 5.41) is 2.71. The van der Waals surface area contributed by atoms with E-state index in [0.717, 1.165) is 19.1 Å². The van der Waals surface area contributed by atoms with E-state index in [0.29, 0.717) is 0 Å². The third-order valence-electron chi connectivity index (χ3n) is 1.71. The molecule has 1 unspecified atom stereocenters. The Hall–Kier alpha value is -0.620. The molecule has 1 rings (SSSR count). The van der Waals surface area contributed by atoms with Crippen molar-refractivity contribution in [1.29, 1.82) is 0 Å². The van der Waals surface area contributed by atoms with Gasteiger partial charge < -0.3 is 5.32 Å². The number of hydrogen-bond donors (Lipinski definition) is 2. The van der Waals surface area contributed by atoms with Gasteiger partial charge in [0.25, 0.3) is 0 Å². The molecular formula is C7H14N2O3S. The molecular weight excluding hydrogens is 192 g/mol. The van der Waals surface area contributed by atoms with E-state index < -0.39 is 16.1 Å². The van der Waals surface area contributed by atoms with Gasteiger partial charge in [-0.15, -0.1) is 0 Å². The third kappa shape index (κ3) is 4.23. The van der Waals surface area contributed by atoms with Crippen LogP contribution < -0.4 is 10.0 Å². The summed E-state index contributed by atoms with van der Waals surface area (Å²) in [7, 11) is -3.29. The molecule has 5 nitrogen and oxygen atoms in total. The van der Waals surface area contributed by atoms with Crippen molar-refractivity contribution >= 4 is 15.9 Å². The molecule has 0 aromatic rings. The van der Waals surface area contributed by atoms with Crippen LogP contribution in [0.15, 0.2) is 0 Å². The Balaban J connectivity index is 2.37. The highest BCUT2D eigenvalue weighted by molar-refractivity contribution is 7.88. The topological polar surface area (TPSA) is 75.3 Å². The van der Waals surface area contributed by atoms with Crippen LogP contribution in [0.1, 0.15) is 19.8 Å². The molecule has 0 spiro atoms. The van der Waals surface area contributed by atoms with Crippen LogP contribution in [0.3, 0.4) is 0 Å². The number of carbonyl (C=O) groups excluding carboxylic acids is 1. The summed E-state index contributed by atoms with van der Waals surface area (Å²) in [6.07, 6.45) is 3.03. The van der Waals surface area contributed by atoms with Crippen molar-refractivity contribution in [3.8, 4) is 0 Å². The van der Waals surface area contributed by atoms with Gasteiger partial charge in [-0.05, 0) is 19.8 Å². The van der Waals surface area contributed by atoms with Crippen molar-refractivity contribution < 1.29 is 13.2 Å². The van der Waals surface area contributed by atoms with E-state index in [1.165, 1.54) is 6.92 Å². The zero-order chi connectivity index (χ0) is 10.1. The molecule has 0 aliphatic heterocycles. The Morgan fingerprint density at radius 2 is 2.00 bits per heavy atom. The van der Waals surface area contributed by atoms with Gasteiger partial charge in [-0.25, -0.2) is 13.1 Å². The zero-order valence-electron chi connectivity index (χ0n) is 7.70. The first-order valence-electron chi connectivity index (χ1n) is 4.16. The standard InChI is InChI=1S/C7H14N2O3S/c1-5(9-13(2,11)12)7(10)8-6-3-4-6/h5-6,9H,3-4H2,1-2H3,(H,8,10). The van der Waals surface area contributed by atoms with Crippen LogP contribution in [0, 0.1) is 0 Å². The van der Waals surface area contributed by atoms with Crippen molar-refractivity contribution in [2.75, 3.05) is 6.26 Å². The second kappa shape index (κ2) is 3.63. The number of sulfonamides is 1. The molecule has 1 aliphatic carbocycles. The first-order chi connectivity index (χ1) is 5.88. The third-order valence-corrected chi connectivity index (χ3v) is 2.49. The predicted molar refractivity (Wildman–Crippen MR) is 48.6 cm³/mol. The quantitative estimate of drug-likeness (QED) is 0.632.